The van der Waals surface area contributed by atoms with Crippen LogP contribution in [0.2, 0.25) is 0 Å². The average Bonchev–Trinajstić information content (AvgIpc) is 2.86. The van der Waals surface area contributed by atoms with Gasteiger partial charge < -0.3 is 10.1 Å². The Balaban J connectivity index is 1.44. The molecule has 0 bridgehead atoms. The Labute approximate surface area is 205 Å². The Morgan fingerprint density at radius 1 is 0.971 bits per heavy atom. The highest BCUT2D eigenvalue weighted by molar-refractivity contribution is 7.89. The first-order chi connectivity index (χ1) is 16.9. The van der Waals surface area contributed by atoms with Gasteiger partial charge in [-0.25, -0.2) is 17.5 Å². The number of ether oxygens (including phenoxy) is 1. The fourth-order valence-electron chi connectivity index (χ4n) is 4.23. The van der Waals surface area contributed by atoms with Crippen LogP contribution in [0.15, 0.2) is 83.8 Å². The molecule has 0 saturated carbocycles. The van der Waals surface area contributed by atoms with Crippen molar-refractivity contribution in [2.24, 2.45) is 0 Å². The molecule has 1 saturated heterocycles. The fraction of sp³-hybridized carbons (Fsp3) is 0.269. The van der Waals surface area contributed by atoms with E-state index in [4.69, 9.17) is 4.74 Å². The Morgan fingerprint density at radius 3 is 2.20 bits per heavy atom. The molecule has 0 aliphatic carbocycles. The molecule has 184 valence electrons. The minimum atomic E-state index is -3.75. The van der Waals surface area contributed by atoms with E-state index >= 15 is 0 Å². The quantitative estimate of drug-likeness (QED) is 0.492. The van der Waals surface area contributed by atoms with Crippen molar-refractivity contribution in [2.45, 2.75) is 29.8 Å². The summed E-state index contributed by atoms with van der Waals surface area (Å²) in [5.74, 6) is 0.0524. The van der Waals surface area contributed by atoms with Gasteiger partial charge >= 0.3 is 0 Å². The number of carbonyl (C=O) groups excluding carboxylic acids is 1. The van der Waals surface area contributed by atoms with Crippen LogP contribution in [0.25, 0.3) is 0 Å². The molecular formula is C26H28FN3O4S. The molecule has 7 nitrogen and oxygen atoms in total. The van der Waals surface area contributed by atoms with Gasteiger partial charge in [0.25, 0.3) is 0 Å². The molecule has 3 aromatic rings. The summed E-state index contributed by atoms with van der Waals surface area (Å²) in [5, 5.41) is 2.99. The van der Waals surface area contributed by atoms with Crippen LogP contribution in [0.4, 0.5) is 10.1 Å². The van der Waals surface area contributed by atoms with Gasteiger partial charge in [0.15, 0.2) is 0 Å². The summed E-state index contributed by atoms with van der Waals surface area (Å²) in [6.45, 7) is 1.07. The molecule has 1 heterocycles. The van der Waals surface area contributed by atoms with E-state index in [1.807, 2.05) is 30.3 Å². The number of hydrogen-bond donors (Lipinski definition) is 2. The van der Waals surface area contributed by atoms with E-state index in [0.29, 0.717) is 37.4 Å². The lowest BCUT2D eigenvalue weighted by atomic mass is 9.99. The maximum atomic E-state index is 13.4. The molecule has 1 fully saturated rings. The predicted molar refractivity (Wildman–Crippen MR) is 132 cm³/mol. The molecule has 3 aromatic carbocycles. The number of carbonyl (C=O) groups is 1. The second-order valence-electron chi connectivity index (χ2n) is 8.42. The van der Waals surface area contributed by atoms with E-state index in [9.17, 15) is 17.6 Å². The molecule has 1 unspecified atom stereocenters. The second kappa shape index (κ2) is 11.0. The van der Waals surface area contributed by atoms with Crippen molar-refractivity contribution in [3.05, 3.63) is 90.2 Å². The van der Waals surface area contributed by atoms with E-state index in [1.165, 1.54) is 12.1 Å². The van der Waals surface area contributed by atoms with Crippen LogP contribution in [0.1, 0.15) is 24.4 Å². The summed E-state index contributed by atoms with van der Waals surface area (Å²) >= 11 is 0. The fourth-order valence-corrected chi connectivity index (χ4v) is 5.53. The highest BCUT2D eigenvalue weighted by atomic mass is 32.2. The molecule has 1 amide bonds. The van der Waals surface area contributed by atoms with Gasteiger partial charge in [0.2, 0.25) is 15.9 Å². The van der Waals surface area contributed by atoms with Crippen LogP contribution in [0.3, 0.4) is 0 Å². The molecule has 2 N–H and O–H groups in total. The Kier molecular flexibility index (Phi) is 7.80. The van der Waals surface area contributed by atoms with E-state index in [-0.39, 0.29) is 16.8 Å². The number of rotatable bonds is 8. The minimum absolute atomic E-state index is 0.0300. The van der Waals surface area contributed by atoms with Crippen LogP contribution in [0.5, 0.6) is 5.75 Å². The Hall–Kier alpha value is -3.27. The number of nitrogens with zero attached hydrogens (tertiary/aromatic N) is 1. The van der Waals surface area contributed by atoms with Crippen LogP contribution in [0, 0.1) is 5.82 Å². The van der Waals surface area contributed by atoms with Crippen LogP contribution in [-0.4, -0.2) is 45.5 Å². The Bertz CT molecular complexity index is 1230. The summed E-state index contributed by atoms with van der Waals surface area (Å²) in [4.78, 5) is 15.5. The van der Waals surface area contributed by atoms with Crippen LogP contribution >= 0.6 is 0 Å². The third-order valence-electron chi connectivity index (χ3n) is 6.06. The van der Waals surface area contributed by atoms with E-state index in [2.05, 4.69) is 14.9 Å². The number of hydrogen-bond acceptors (Lipinski definition) is 5. The van der Waals surface area contributed by atoms with Gasteiger partial charge in [0, 0.05) is 24.8 Å². The molecule has 0 aromatic heterocycles. The molecule has 35 heavy (non-hydrogen) atoms. The van der Waals surface area contributed by atoms with E-state index in [0.717, 1.165) is 17.7 Å². The highest BCUT2D eigenvalue weighted by Crippen LogP contribution is 2.27. The first-order valence-electron chi connectivity index (χ1n) is 11.4. The summed E-state index contributed by atoms with van der Waals surface area (Å²) in [6.07, 6.45) is 1.08. The van der Waals surface area contributed by atoms with Gasteiger partial charge in [-0.2, -0.15) is 0 Å². The lowest BCUT2D eigenvalue weighted by Gasteiger charge is -2.37. The highest BCUT2D eigenvalue weighted by Gasteiger charge is 2.32. The number of likely N-dealkylation sites (tertiary alicyclic amines) is 1. The smallest absolute Gasteiger partial charge is 0.246 e. The zero-order chi connectivity index (χ0) is 24.8. The molecule has 1 aliphatic heterocycles. The number of halogens is 1. The Morgan fingerprint density at radius 2 is 1.60 bits per heavy atom. The third-order valence-corrected chi connectivity index (χ3v) is 7.60. The summed E-state index contributed by atoms with van der Waals surface area (Å²) in [7, 11) is -2.17. The van der Waals surface area contributed by atoms with Crippen molar-refractivity contribution >= 4 is 21.6 Å². The number of methoxy groups -OCH3 is 1. The molecule has 0 radical (unpaired) electrons. The van der Waals surface area contributed by atoms with Gasteiger partial charge in [-0.15, -0.1) is 0 Å². The number of nitrogens with one attached hydrogen (secondary N) is 2. The SMILES string of the molecule is COc1ccc(NC(=O)C(c2ccccc2)N2CCC(NS(=O)(=O)c3ccc(F)cc3)CC2)cc1. The van der Waals surface area contributed by atoms with Crippen molar-refractivity contribution in [3.63, 3.8) is 0 Å². The predicted octanol–water partition coefficient (Wildman–Crippen LogP) is 3.96. The van der Waals surface area contributed by atoms with Crippen molar-refractivity contribution in [1.82, 2.24) is 9.62 Å². The third kappa shape index (κ3) is 6.25. The zero-order valence-corrected chi connectivity index (χ0v) is 20.2. The zero-order valence-electron chi connectivity index (χ0n) is 19.4. The van der Waals surface area contributed by atoms with Gasteiger partial charge in [-0.3, -0.25) is 9.69 Å². The molecular weight excluding hydrogens is 469 g/mol. The molecule has 0 spiro atoms. The van der Waals surface area contributed by atoms with Crippen molar-refractivity contribution in [2.75, 3.05) is 25.5 Å². The maximum Gasteiger partial charge on any atom is 0.246 e. The van der Waals surface area contributed by atoms with Gasteiger partial charge in [0.1, 0.15) is 17.6 Å². The first-order valence-corrected chi connectivity index (χ1v) is 12.9. The largest absolute Gasteiger partial charge is 0.497 e. The summed E-state index contributed by atoms with van der Waals surface area (Å²) in [6, 6.07) is 20.6. The molecule has 1 atom stereocenters. The molecule has 4 rings (SSSR count). The number of piperidine rings is 1. The normalized spacial score (nSPS) is 15.9. The van der Waals surface area contributed by atoms with Gasteiger partial charge in [0.05, 0.1) is 12.0 Å². The number of sulfonamides is 1. The summed E-state index contributed by atoms with van der Waals surface area (Å²) < 4.78 is 46.4. The van der Waals surface area contributed by atoms with Crippen LogP contribution < -0.4 is 14.8 Å². The number of anilines is 1. The maximum absolute atomic E-state index is 13.4. The number of amides is 1. The first kappa shape index (κ1) is 24.8. The molecule has 9 heteroatoms. The van der Waals surface area contributed by atoms with Crippen molar-refractivity contribution < 1.29 is 22.3 Å². The summed E-state index contributed by atoms with van der Waals surface area (Å²) in [5.41, 5.74) is 1.53. The lowest BCUT2D eigenvalue weighted by molar-refractivity contribution is -0.122. The van der Waals surface area contributed by atoms with Gasteiger partial charge in [-0.1, -0.05) is 30.3 Å². The monoisotopic (exact) mass is 497 g/mol. The second-order valence-corrected chi connectivity index (χ2v) is 10.1. The van der Waals surface area contributed by atoms with Crippen LogP contribution in [-0.2, 0) is 14.8 Å². The van der Waals surface area contributed by atoms with Crippen molar-refractivity contribution in [3.8, 4) is 5.75 Å². The van der Waals surface area contributed by atoms with E-state index < -0.39 is 21.9 Å². The minimum Gasteiger partial charge on any atom is -0.497 e. The molecule has 1 aliphatic rings. The van der Waals surface area contributed by atoms with Gasteiger partial charge in [-0.05, 0) is 66.9 Å². The number of benzene rings is 3. The van der Waals surface area contributed by atoms with E-state index in [1.54, 1.807) is 31.4 Å². The topological polar surface area (TPSA) is 87.7 Å². The van der Waals surface area contributed by atoms with Crippen molar-refractivity contribution in [1.29, 1.82) is 0 Å². The average molecular weight is 498 g/mol. The lowest BCUT2D eigenvalue weighted by Crippen LogP contribution is -2.47. The standard InChI is InChI=1S/C26H28FN3O4S/c1-34-23-11-9-21(10-12-23)28-26(31)25(19-5-3-2-4-6-19)30-17-15-22(16-18-30)29-35(32,33)24-13-7-20(27)8-14-24/h2-14,22,25,29H,15-18H2,1H3,(H,28,31).